The van der Waals surface area contributed by atoms with Crippen LogP contribution in [0.4, 0.5) is 5.82 Å². The highest BCUT2D eigenvalue weighted by molar-refractivity contribution is 5.51. The molecule has 0 aliphatic carbocycles. The van der Waals surface area contributed by atoms with E-state index in [2.05, 4.69) is 52.9 Å². The molecule has 0 radical (unpaired) electrons. The minimum absolute atomic E-state index is 0.226. The molecule has 1 unspecified atom stereocenters. The van der Waals surface area contributed by atoms with Crippen LogP contribution in [0.3, 0.4) is 0 Å². The van der Waals surface area contributed by atoms with Gasteiger partial charge in [-0.05, 0) is 47.1 Å². The van der Waals surface area contributed by atoms with E-state index in [9.17, 15) is 5.11 Å². The lowest BCUT2D eigenvalue weighted by Crippen LogP contribution is -2.50. The van der Waals surface area contributed by atoms with Crippen LogP contribution < -0.4 is 4.90 Å². The van der Waals surface area contributed by atoms with E-state index in [-0.39, 0.29) is 5.60 Å². The molecule has 1 aliphatic heterocycles. The van der Waals surface area contributed by atoms with Crippen LogP contribution in [0.15, 0.2) is 24.3 Å². The Morgan fingerprint density at radius 3 is 2.26 bits per heavy atom. The molecule has 0 saturated carbocycles. The summed E-state index contributed by atoms with van der Waals surface area (Å²) in [4.78, 5) is 14.2. The molecule has 1 aromatic carbocycles. The first kappa shape index (κ1) is 23.6. The normalized spacial score (nSPS) is 16.5. The number of hydrogen-bond acceptors (Lipinski definition) is 6. The number of benzene rings is 1. The van der Waals surface area contributed by atoms with Crippen LogP contribution in [-0.2, 0) is 11.2 Å². The molecule has 0 bridgehead atoms. The highest BCUT2D eigenvalue weighted by atomic mass is 16.5. The lowest BCUT2D eigenvalue weighted by atomic mass is 10.0. The molecule has 1 N–H and O–H groups in total. The van der Waals surface area contributed by atoms with Crippen LogP contribution in [0.5, 0.6) is 0 Å². The number of anilines is 1. The molecule has 0 spiro atoms. The smallest absolute Gasteiger partial charge is 0.136 e. The van der Waals surface area contributed by atoms with Crippen LogP contribution in [0.2, 0.25) is 0 Å². The van der Waals surface area contributed by atoms with Gasteiger partial charge in [0.2, 0.25) is 0 Å². The molecule has 1 aliphatic rings. The Balaban J connectivity index is 1.65. The fraction of sp³-hybridized carbons (Fsp3) is 0.600. The maximum Gasteiger partial charge on any atom is 0.136 e. The SMILES string of the molecule is Cc1ccc(Cc2c(C)nc(C)nc2N2CCN(CC(O)COC(C)(C)C)CC2)cc1. The van der Waals surface area contributed by atoms with Gasteiger partial charge in [0, 0.05) is 50.4 Å². The lowest BCUT2D eigenvalue weighted by molar-refractivity contribution is -0.0563. The molecule has 3 rings (SSSR count). The van der Waals surface area contributed by atoms with Crippen molar-refractivity contribution in [3.8, 4) is 0 Å². The molecule has 1 fully saturated rings. The molecule has 2 aromatic rings. The molecule has 0 amide bonds. The summed E-state index contributed by atoms with van der Waals surface area (Å²) in [6.07, 6.45) is 0.372. The second-order valence-electron chi connectivity index (χ2n) is 9.69. The van der Waals surface area contributed by atoms with Gasteiger partial charge in [0.25, 0.3) is 0 Å². The van der Waals surface area contributed by atoms with Gasteiger partial charge in [-0.2, -0.15) is 0 Å². The second kappa shape index (κ2) is 10.1. The first-order valence-corrected chi connectivity index (χ1v) is 11.3. The molecule has 31 heavy (non-hydrogen) atoms. The second-order valence-corrected chi connectivity index (χ2v) is 9.69. The molecule has 1 aromatic heterocycles. The van der Waals surface area contributed by atoms with Crippen molar-refractivity contribution in [2.45, 2.75) is 59.7 Å². The number of ether oxygens (including phenoxy) is 1. The molecule has 1 atom stereocenters. The summed E-state index contributed by atoms with van der Waals surface area (Å²) in [5.74, 6) is 1.87. The highest BCUT2D eigenvalue weighted by Gasteiger charge is 2.24. The Hall–Kier alpha value is -2.02. The summed E-state index contributed by atoms with van der Waals surface area (Å²) in [6.45, 7) is 16.8. The van der Waals surface area contributed by atoms with Crippen molar-refractivity contribution in [1.82, 2.24) is 14.9 Å². The largest absolute Gasteiger partial charge is 0.389 e. The van der Waals surface area contributed by atoms with Gasteiger partial charge in [0.15, 0.2) is 0 Å². The van der Waals surface area contributed by atoms with Crippen LogP contribution in [0, 0.1) is 20.8 Å². The Morgan fingerprint density at radius 1 is 1.00 bits per heavy atom. The van der Waals surface area contributed by atoms with E-state index >= 15 is 0 Å². The van der Waals surface area contributed by atoms with Gasteiger partial charge in [-0.25, -0.2) is 9.97 Å². The van der Waals surface area contributed by atoms with E-state index in [1.54, 1.807) is 0 Å². The van der Waals surface area contributed by atoms with Crippen LogP contribution >= 0.6 is 0 Å². The molecule has 6 heteroatoms. The Morgan fingerprint density at radius 2 is 1.65 bits per heavy atom. The zero-order chi connectivity index (χ0) is 22.6. The highest BCUT2D eigenvalue weighted by Crippen LogP contribution is 2.25. The van der Waals surface area contributed by atoms with Crippen molar-refractivity contribution in [2.24, 2.45) is 0 Å². The molecular formula is C25H38N4O2. The summed E-state index contributed by atoms with van der Waals surface area (Å²) in [5.41, 5.74) is 4.59. The molecule has 170 valence electrons. The number of aliphatic hydroxyl groups excluding tert-OH is 1. The van der Waals surface area contributed by atoms with Crippen molar-refractivity contribution in [1.29, 1.82) is 0 Å². The maximum absolute atomic E-state index is 10.3. The van der Waals surface area contributed by atoms with Gasteiger partial charge >= 0.3 is 0 Å². The van der Waals surface area contributed by atoms with E-state index in [1.165, 1.54) is 16.7 Å². The predicted molar refractivity (Wildman–Crippen MR) is 126 cm³/mol. The van der Waals surface area contributed by atoms with Gasteiger partial charge in [0.1, 0.15) is 11.6 Å². The average molecular weight is 427 g/mol. The van der Waals surface area contributed by atoms with Crippen molar-refractivity contribution in [3.05, 3.63) is 52.5 Å². The maximum atomic E-state index is 10.3. The topological polar surface area (TPSA) is 61.7 Å². The van der Waals surface area contributed by atoms with Crippen molar-refractivity contribution >= 4 is 5.82 Å². The first-order chi connectivity index (χ1) is 14.6. The standard InChI is InChI=1S/C25H38N4O2/c1-18-7-9-21(10-8-18)15-23-19(2)26-20(3)27-24(23)29-13-11-28(12-14-29)16-22(30)17-31-25(4,5)6/h7-10,22,30H,11-17H2,1-6H3. The van der Waals surface area contributed by atoms with Crippen LogP contribution in [0.1, 0.15) is 49.0 Å². The summed E-state index contributed by atoms with van der Waals surface area (Å²) in [7, 11) is 0. The molecular weight excluding hydrogens is 388 g/mol. The molecule has 6 nitrogen and oxygen atoms in total. The van der Waals surface area contributed by atoms with Crippen LogP contribution in [-0.4, -0.2) is 71.0 Å². The number of hydrogen-bond donors (Lipinski definition) is 1. The molecule has 1 saturated heterocycles. The monoisotopic (exact) mass is 426 g/mol. The van der Waals surface area contributed by atoms with Crippen LogP contribution in [0.25, 0.3) is 0 Å². The zero-order valence-electron chi connectivity index (χ0n) is 20.0. The average Bonchev–Trinajstić information content (AvgIpc) is 2.70. The van der Waals surface area contributed by atoms with E-state index in [0.29, 0.717) is 13.2 Å². The summed E-state index contributed by atoms with van der Waals surface area (Å²) in [5, 5.41) is 10.3. The Bertz CT molecular complexity index is 853. The number of aryl methyl sites for hydroxylation is 3. The third-order valence-corrected chi connectivity index (χ3v) is 5.65. The summed E-state index contributed by atoms with van der Waals surface area (Å²) in [6, 6.07) is 8.70. The zero-order valence-corrected chi connectivity index (χ0v) is 20.0. The molecule has 2 heterocycles. The minimum atomic E-state index is -0.466. The summed E-state index contributed by atoms with van der Waals surface area (Å²) >= 11 is 0. The predicted octanol–water partition coefficient (Wildman–Crippen LogP) is 3.29. The Labute approximate surface area is 187 Å². The van der Waals surface area contributed by atoms with E-state index < -0.39 is 6.10 Å². The number of piperazine rings is 1. The summed E-state index contributed by atoms with van der Waals surface area (Å²) < 4.78 is 5.73. The Kier molecular flexibility index (Phi) is 7.68. The minimum Gasteiger partial charge on any atom is -0.389 e. The van der Waals surface area contributed by atoms with Crippen molar-refractivity contribution in [3.63, 3.8) is 0 Å². The van der Waals surface area contributed by atoms with Crippen molar-refractivity contribution < 1.29 is 9.84 Å². The quantitative estimate of drug-likeness (QED) is 0.733. The number of nitrogens with zero attached hydrogens (tertiary/aromatic N) is 4. The fourth-order valence-corrected chi connectivity index (χ4v) is 3.94. The van der Waals surface area contributed by atoms with Gasteiger partial charge < -0.3 is 14.7 Å². The lowest BCUT2D eigenvalue weighted by Gasteiger charge is -2.37. The van der Waals surface area contributed by atoms with Gasteiger partial charge in [0.05, 0.1) is 18.3 Å². The van der Waals surface area contributed by atoms with Crippen molar-refractivity contribution in [2.75, 3.05) is 44.2 Å². The fourth-order valence-electron chi connectivity index (χ4n) is 3.94. The van der Waals surface area contributed by atoms with Gasteiger partial charge in [-0.15, -0.1) is 0 Å². The first-order valence-electron chi connectivity index (χ1n) is 11.3. The van der Waals surface area contributed by atoms with E-state index in [4.69, 9.17) is 9.72 Å². The third-order valence-electron chi connectivity index (χ3n) is 5.65. The number of aliphatic hydroxyl groups is 1. The number of aromatic nitrogens is 2. The number of rotatable bonds is 7. The van der Waals surface area contributed by atoms with Gasteiger partial charge in [-0.3, -0.25) is 4.90 Å². The van der Waals surface area contributed by atoms with E-state index in [1.807, 2.05) is 27.7 Å². The van der Waals surface area contributed by atoms with E-state index in [0.717, 1.165) is 49.9 Å². The van der Waals surface area contributed by atoms with Gasteiger partial charge in [-0.1, -0.05) is 29.8 Å². The number of β-amino-alcohol motifs (C(OH)–C–C–N with tert-alkyl or cyclic N) is 1. The third kappa shape index (κ3) is 6.99.